The number of hydrogen-bond donors (Lipinski definition) is 0. The fourth-order valence-electron chi connectivity index (χ4n) is 3.08. The minimum atomic E-state index is -0.551. The molecule has 3 rings (SSSR count). The Hall–Kier alpha value is -2.44. The van der Waals surface area contributed by atoms with Crippen LogP contribution in [0.25, 0.3) is 0 Å². The van der Waals surface area contributed by atoms with Crippen molar-refractivity contribution in [3.05, 3.63) is 103 Å². The van der Waals surface area contributed by atoms with Crippen LogP contribution in [0, 0.1) is 4.91 Å². The van der Waals surface area contributed by atoms with Gasteiger partial charge in [0.2, 0.25) is 0 Å². The summed E-state index contributed by atoms with van der Waals surface area (Å²) < 4.78 is 17.1. The van der Waals surface area contributed by atoms with E-state index in [1.165, 1.54) is 6.08 Å². The Morgan fingerprint density at radius 1 is 0.824 bits per heavy atom. The van der Waals surface area contributed by atoms with Crippen LogP contribution < -0.4 is 14.2 Å². The topological polar surface area (TPSA) is 57.1 Å². The van der Waals surface area contributed by atoms with Crippen LogP contribution in [0.2, 0.25) is 10.0 Å². The zero-order valence-corrected chi connectivity index (χ0v) is 20.9. The zero-order valence-electron chi connectivity index (χ0n) is 17.9. The third kappa shape index (κ3) is 7.81. The van der Waals surface area contributed by atoms with E-state index in [1.54, 1.807) is 12.1 Å². The quantitative estimate of drug-likeness (QED) is 0.171. The number of halogens is 4. The molecule has 0 saturated heterocycles. The van der Waals surface area contributed by atoms with Crippen molar-refractivity contribution in [3.8, 4) is 17.2 Å². The highest BCUT2D eigenvalue weighted by atomic mass is 35.5. The largest absolute Gasteiger partial charge is 0.493 e. The molecule has 0 fully saturated rings. The van der Waals surface area contributed by atoms with E-state index in [9.17, 15) is 4.91 Å². The number of benzene rings is 3. The highest BCUT2D eigenvalue weighted by Crippen LogP contribution is 2.37. The summed E-state index contributed by atoms with van der Waals surface area (Å²) in [5.41, 5.74) is 1.65. The molecule has 0 N–H and O–H groups in total. The van der Waals surface area contributed by atoms with Crippen molar-refractivity contribution in [2.24, 2.45) is 5.18 Å². The van der Waals surface area contributed by atoms with Crippen LogP contribution in [0.4, 0.5) is 0 Å². The Morgan fingerprint density at radius 2 is 1.44 bits per heavy atom. The Kier molecular flexibility index (Phi) is 10.4. The molecule has 0 radical (unpaired) electrons. The molecule has 3 aromatic rings. The van der Waals surface area contributed by atoms with Crippen LogP contribution in [0.15, 0.2) is 82.5 Å². The number of hydrogen-bond acceptors (Lipinski definition) is 5. The Labute approximate surface area is 218 Å². The molecule has 0 saturated carbocycles. The molecule has 3 aromatic carbocycles. The van der Waals surface area contributed by atoms with Gasteiger partial charge in [0.05, 0.1) is 23.3 Å². The lowest BCUT2D eigenvalue weighted by Gasteiger charge is -2.13. The van der Waals surface area contributed by atoms with Crippen molar-refractivity contribution in [2.75, 3.05) is 19.8 Å². The predicted octanol–water partition coefficient (Wildman–Crippen LogP) is 8.39. The van der Waals surface area contributed by atoms with E-state index in [1.807, 2.05) is 54.6 Å². The van der Waals surface area contributed by atoms with Gasteiger partial charge in [-0.05, 0) is 29.3 Å². The molecule has 0 aliphatic carbocycles. The molecule has 0 aliphatic rings. The SMILES string of the molecule is O=NC(c1ccccc1)c1ccc(OCCCOc2c(Cl)cc(OCC=C(Cl)Cl)cc2Cl)cc1. The molecule has 178 valence electrons. The van der Waals surface area contributed by atoms with Crippen LogP contribution in [-0.2, 0) is 0 Å². The van der Waals surface area contributed by atoms with Crippen molar-refractivity contribution in [1.82, 2.24) is 0 Å². The van der Waals surface area contributed by atoms with Crippen molar-refractivity contribution in [3.63, 3.8) is 0 Å². The number of nitroso groups, excluding NO2 is 1. The van der Waals surface area contributed by atoms with Gasteiger partial charge in [0, 0.05) is 18.6 Å². The minimum Gasteiger partial charge on any atom is -0.493 e. The molecule has 0 spiro atoms. The first kappa shape index (κ1) is 26.2. The van der Waals surface area contributed by atoms with E-state index in [0.717, 1.165) is 11.1 Å². The second-order valence-electron chi connectivity index (χ2n) is 7.06. The average molecular weight is 541 g/mol. The average Bonchev–Trinajstić information content (AvgIpc) is 2.82. The highest BCUT2D eigenvalue weighted by Gasteiger charge is 2.14. The summed E-state index contributed by atoms with van der Waals surface area (Å²) in [6.45, 7) is 0.967. The van der Waals surface area contributed by atoms with Gasteiger partial charge < -0.3 is 14.2 Å². The van der Waals surface area contributed by atoms with E-state index < -0.39 is 6.04 Å². The molecule has 5 nitrogen and oxygen atoms in total. The fraction of sp³-hybridized carbons (Fsp3) is 0.200. The van der Waals surface area contributed by atoms with Crippen molar-refractivity contribution < 1.29 is 14.2 Å². The monoisotopic (exact) mass is 539 g/mol. The maximum atomic E-state index is 11.4. The van der Waals surface area contributed by atoms with Gasteiger partial charge in [0.25, 0.3) is 0 Å². The minimum absolute atomic E-state index is 0.115. The zero-order chi connectivity index (χ0) is 24.3. The van der Waals surface area contributed by atoms with E-state index in [0.29, 0.717) is 46.9 Å². The lowest BCUT2D eigenvalue weighted by molar-refractivity contribution is 0.247. The van der Waals surface area contributed by atoms with Crippen molar-refractivity contribution in [1.29, 1.82) is 0 Å². The fourth-order valence-corrected chi connectivity index (χ4v) is 3.78. The van der Waals surface area contributed by atoms with E-state index >= 15 is 0 Å². The normalized spacial score (nSPS) is 11.4. The molecule has 0 aromatic heterocycles. The molecule has 9 heteroatoms. The summed E-state index contributed by atoms with van der Waals surface area (Å²) in [5.74, 6) is 1.53. The number of rotatable bonds is 12. The molecule has 1 atom stereocenters. The molecule has 1 unspecified atom stereocenters. The summed E-state index contributed by atoms with van der Waals surface area (Å²) >= 11 is 23.6. The van der Waals surface area contributed by atoms with E-state index in [2.05, 4.69) is 5.18 Å². The van der Waals surface area contributed by atoms with Gasteiger partial charge >= 0.3 is 0 Å². The smallest absolute Gasteiger partial charge is 0.156 e. The maximum Gasteiger partial charge on any atom is 0.156 e. The van der Waals surface area contributed by atoms with Gasteiger partial charge in [0.1, 0.15) is 28.6 Å². The first-order valence-corrected chi connectivity index (χ1v) is 11.8. The van der Waals surface area contributed by atoms with Gasteiger partial charge in [0.15, 0.2) is 5.75 Å². The lowest BCUT2D eigenvalue weighted by atomic mass is 10.00. The predicted molar refractivity (Wildman–Crippen MR) is 138 cm³/mol. The van der Waals surface area contributed by atoms with Gasteiger partial charge in [-0.1, -0.05) is 94.0 Å². The molecule has 0 heterocycles. The molecular formula is C25H21Cl4NO4. The second-order valence-corrected chi connectivity index (χ2v) is 8.88. The van der Waals surface area contributed by atoms with E-state index in [4.69, 9.17) is 60.6 Å². The summed E-state index contributed by atoms with van der Waals surface area (Å²) in [6, 6.07) is 19.4. The summed E-state index contributed by atoms with van der Waals surface area (Å²) in [7, 11) is 0. The van der Waals surface area contributed by atoms with Crippen LogP contribution in [0.3, 0.4) is 0 Å². The lowest BCUT2D eigenvalue weighted by Crippen LogP contribution is -2.06. The first-order valence-electron chi connectivity index (χ1n) is 10.3. The van der Waals surface area contributed by atoms with Crippen LogP contribution in [0.5, 0.6) is 17.2 Å². The Morgan fingerprint density at radius 3 is 2.06 bits per heavy atom. The third-order valence-corrected chi connectivity index (χ3v) is 5.55. The molecule has 0 bridgehead atoms. The van der Waals surface area contributed by atoms with Gasteiger partial charge in [-0.3, -0.25) is 0 Å². The Bertz CT molecular complexity index is 1080. The van der Waals surface area contributed by atoms with Gasteiger partial charge in [-0.2, -0.15) is 0 Å². The van der Waals surface area contributed by atoms with E-state index in [-0.39, 0.29) is 11.1 Å². The third-order valence-electron chi connectivity index (χ3n) is 4.68. The molecule has 34 heavy (non-hydrogen) atoms. The molecular weight excluding hydrogens is 520 g/mol. The van der Waals surface area contributed by atoms with Crippen molar-refractivity contribution in [2.45, 2.75) is 12.5 Å². The van der Waals surface area contributed by atoms with Crippen LogP contribution in [-0.4, -0.2) is 19.8 Å². The standard InChI is InChI=1S/C25H21Cl4NO4/c26-21-15-20(33-14-11-23(28)29)16-22(27)25(21)34-13-4-12-32-19-9-7-18(8-10-19)24(30-31)17-5-2-1-3-6-17/h1-3,5-11,15-16,24H,4,12-14H2. The maximum absolute atomic E-state index is 11.4. The molecule has 0 amide bonds. The summed E-state index contributed by atoms with van der Waals surface area (Å²) in [6.07, 6.45) is 2.11. The molecule has 0 aliphatic heterocycles. The van der Waals surface area contributed by atoms with Gasteiger partial charge in [-0.25, -0.2) is 0 Å². The second kappa shape index (κ2) is 13.4. The number of nitrogens with zero attached hydrogens (tertiary/aromatic N) is 1. The van der Waals surface area contributed by atoms with Crippen LogP contribution >= 0.6 is 46.4 Å². The van der Waals surface area contributed by atoms with Crippen LogP contribution in [0.1, 0.15) is 23.6 Å². The number of ether oxygens (including phenoxy) is 3. The highest BCUT2D eigenvalue weighted by molar-refractivity contribution is 6.55. The summed E-state index contributed by atoms with van der Waals surface area (Å²) in [4.78, 5) is 11.4. The van der Waals surface area contributed by atoms with Gasteiger partial charge in [-0.15, -0.1) is 4.91 Å². The summed E-state index contributed by atoms with van der Waals surface area (Å²) in [5, 5.41) is 3.93. The first-order chi connectivity index (χ1) is 16.5. The van der Waals surface area contributed by atoms with Crippen molar-refractivity contribution >= 4 is 46.4 Å². The Balaban J connectivity index is 1.46.